The van der Waals surface area contributed by atoms with Crippen LogP contribution in [0.25, 0.3) is 38.6 Å². The first-order valence-electron chi connectivity index (χ1n) is 15.1. The Bertz CT molecular complexity index is 2240. The van der Waals surface area contributed by atoms with Gasteiger partial charge in [0.25, 0.3) is 0 Å². The van der Waals surface area contributed by atoms with Crippen molar-refractivity contribution in [3.63, 3.8) is 0 Å². The molecule has 6 aromatic carbocycles. The lowest BCUT2D eigenvalue weighted by Gasteiger charge is -2.42. The van der Waals surface area contributed by atoms with Gasteiger partial charge in [-0.25, -0.2) is 0 Å². The van der Waals surface area contributed by atoms with Crippen molar-refractivity contribution in [3.05, 3.63) is 156 Å². The van der Waals surface area contributed by atoms with E-state index in [4.69, 9.17) is 0 Å². The molecule has 0 amide bonds. The van der Waals surface area contributed by atoms with Crippen molar-refractivity contribution in [1.82, 2.24) is 4.57 Å². The van der Waals surface area contributed by atoms with Crippen LogP contribution in [0.1, 0.15) is 36.1 Å². The smallest absolute Gasteiger partial charge is 0.0991 e. The van der Waals surface area contributed by atoms with Gasteiger partial charge in [0.15, 0.2) is 0 Å². The fourth-order valence-electron chi connectivity index (χ4n) is 6.99. The van der Waals surface area contributed by atoms with Gasteiger partial charge in [0.1, 0.15) is 0 Å². The Labute approximate surface area is 262 Å². The number of fused-ring (bicyclic) bond motifs is 5. The van der Waals surface area contributed by atoms with E-state index in [0.29, 0.717) is 11.1 Å². The summed E-state index contributed by atoms with van der Waals surface area (Å²) in [7, 11) is 0. The number of rotatable bonds is 3. The van der Waals surface area contributed by atoms with Gasteiger partial charge in [-0.1, -0.05) is 74.5 Å². The number of anilines is 3. The number of nitriles is 2. The minimum Gasteiger partial charge on any atom is -0.310 e. The summed E-state index contributed by atoms with van der Waals surface area (Å²) in [6.45, 7) is 4.61. The molecule has 0 fully saturated rings. The van der Waals surface area contributed by atoms with Gasteiger partial charge in [-0.3, -0.25) is 0 Å². The molecule has 4 nitrogen and oxygen atoms in total. The van der Waals surface area contributed by atoms with E-state index in [1.165, 1.54) is 22.5 Å². The number of benzene rings is 6. The molecular formula is C41H28N4. The van der Waals surface area contributed by atoms with Crippen molar-refractivity contribution in [2.75, 3.05) is 4.90 Å². The Hall–Kier alpha value is -6.10. The van der Waals surface area contributed by atoms with E-state index in [0.717, 1.165) is 44.3 Å². The van der Waals surface area contributed by atoms with Gasteiger partial charge in [0.05, 0.1) is 45.7 Å². The van der Waals surface area contributed by atoms with Crippen LogP contribution >= 0.6 is 0 Å². The molecule has 0 saturated carbocycles. The van der Waals surface area contributed by atoms with Crippen LogP contribution in [0.3, 0.4) is 0 Å². The monoisotopic (exact) mass is 576 g/mol. The first kappa shape index (κ1) is 26.5. The molecule has 45 heavy (non-hydrogen) atoms. The second kappa shape index (κ2) is 9.98. The topological polar surface area (TPSA) is 55.8 Å². The SMILES string of the molecule is CC1(C)c2ccccc2N(c2ccc(-c3ccc(-n4c5ccc(C#N)cc5c5cc(C#N)ccc54)cc3)cc2)c2ccccc21. The lowest BCUT2D eigenvalue weighted by Crippen LogP contribution is -2.30. The third kappa shape index (κ3) is 4.04. The maximum absolute atomic E-state index is 9.52. The molecule has 8 rings (SSSR count). The van der Waals surface area contributed by atoms with Crippen LogP contribution < -0.4 is 4.90 Å². The highest BCUT2D eigenvalue weighted by Gasteiger charge is 2.36. The molecule has 2 heterocycles. The molecule has 1 aromatic heterocycles. The number of hydrogen-bond acceptors (Lipinski definition) is 3. The van der Waals surface area contributed by atoms with Crippen molar-refractivity contribution in [2.24, 2.45) is 0 Å². The van der Waals surface area contributed by atoms with Crippen molar-refractivity contribution in [1.29, 1.82) is 10.5 Å². The summed E-state index contributed by atoms with van der Waals surface area (Å²) in [5.74, 6) is 0. The van der Waals surface area contributed by atoms with Gasteiger partial charge in [-0.2, -0.15) is 10.5 Å². The van der Waals surface area contributed by atoms with E-state index in [-0.39, 0.29) is 5.41 Å². The van der Waals surface area contributed by atoms with Crippen LogP contribution in [0.15, 0.2) is 133 Å². The first-order valence-corrected chi connectivity index (χ1v) is 15.1. The summed E-state index contributed by atoms with van der Waals surface area (Å²) in [5, 5.41) is 21.0. The number of aromatic nitrogens is 1. The highest BCUT2D eigenvalue weighted by atomic mass is 15.2. The van der Waals surface area contributed by atoms with Crippen molar-refractivity contribution in [2.45, 2.75) is 19.3 Å². The molecule has 7 aromatic rings. The molecule has 0 aliphatic carbocycles. The molecule has 1 aliphatic heterocycles. The number of nitrogens with zero attached hydrogens (tertiary/aromatic N) is 4. The number of para-hydroxylation sites is 2. The second-order valence-electron chi connectivity index (χ2n) is 12.1. The molecule has 0 unspecified atom stereocenters. The minimum atomic E-state index is -0.0856. The molecule has 1 aliphatic rings. The third-order valence-corrected chi connectivity index (χ3v) is 9.24. The summed E-state index contributed by atoms with van der Waals surface area (Å²) < 4.78 is 2.20. The van der Waals surface area contributed by atoms with E-state index in [1.807, 2.05) is 36.4 Å². The predicted octanol–water partition coefficient (Wildman–Crippen LogP) is 10.3. The Morgan fingerprint density at radius 3 is 1.42 bits per heavy atom. The van der Waals surface area contributed by atoms with Gasteiger partial charge in [-0.05, 0) is 95.1 Å². The third-order valence-electron chi connectivity index (χ3n) is 9.24. The van der Waals surface area contributed by atoms with Gasteiger partial charge in [-0.15, -0.1) is 0 Å². The van der Waals surface area contributed by atoms with Crippen molar-refractivity contribution >= 4 is 38.9 Å². The van der Waals surface area contributed by atoms with E-state index < -0.39 is 0 Å². The number of hydrogen-bond donors (Lipinski definition) is 0. The van der Waals surface area contributed by atoms with E-state index in [1.54, 1.807) is 0 Å². The fourth-order valence-corrected chi connectivity index (χ4v) is 6.99. The minimum absolute atomic E-state index is 0.0856. The van der Waals surface area contributed by atoms with Crippen LogP contribution in [-0.4, -0.2) is 4.57 Å². The first-order chi connectivity index (χ1) is 22.0. The summed E-state index contributed by atoms with van der Waals surface area (Å²) in [6, 6.07) is 50.8. The maximum atomic E-state index is 9.52. The van der Waals surface area contributed by atoms with Crippen LogP contribution in [0.4, 0.5) is 17.1 Å². The van der Waals surface area contributed by atoms with E-state index >= 15 is 0 Å². The summed E-state index contributed by atoms with van der Waals surface area (Å²) in [4.78, 5) is 2.38. The molecule has 0 saturated heterocycles. The molecule has 0 radical (unpaired) electrons. The van der Waals surface area contributed by atoms with Crippen molar-refractivity contribution in [3.8, 4) is 29.0 Å². The van der Waals surface area contributed by atoms with E-state index in [2.05, 4.69) is 133 Å². The standard InChI is InChI=1S/C41H28N4/c1-41(2)35-7-3-5-9-39(35)45(40-10-6-4-8-36(40)41)32-19-15-30(16-20-32)29-13-17-31(18-14-29)44-37-21-11-27(25-42)23-33(37)34-24-28(26-43)12-22-38(34)44/h3-24H,1-2H3. The highest BCUT2D eigenvalue weighted by Crippen LogP contribution is 2.51. The quantitative estimate of drug-likeness (QED) is 0.210. The Kier molecular flexibility index (Phi) is 5.88. The lowest BCUT2D eigenvalue weighted by atomic mass is 9.73. The molecule has 4 heteroatoms. The highest BCUT2D eigenvalue weighted by molar-refractivity contribution is 6.10. The zero-order valence-electron chi connectivity index (χ0n) is 25.0. The van der Waals surface area contributed by atoms with Crippen molar-refractivity contribution < 1.29 is 0 Å². The average Bonchev–Trinajstić information content (AvgIpc) is 3.41. The zero-order valence-corrected chi connectivity index (χ0v) is 25.0. The maximum Gasteiger partial charge on any atom is 0.0991 e. The average molecular weight is 577 g/mol. The lowest BCUT2D eigenvalue weighted by molar-refractivity contribution is 0.632. The van der Waals surface area contributed by atoms with Crippen LogP contribution in [0.5, 0.6) is 0 Å². The van der Waals surface area contributed by atoms with Gasteiger partial charge < -0.3 is 9.47 Å². The second-order valence-corrected chi connectivity index (χ2v) is 12.1. The van der Waals surface area contributed by atoms with Crippen LogP contribution in [0, 0.1) is 22.7 Å². The molecule has 0 bridgehead atoms. The van der Waals surface area contributed by atoms with Crippen LogP contribution in [0.2, 0.25) is 0 Å². The van der Waals surface area contributed by atoms with E-state index in [9.17, 15) is 10.5 Å². The summed E-state index contributed by atoms with van der Waals surface area (Å²) >= 11 is 0. The van der Waals surface area contributed by atoms with Gasteiger partial charge in [0.2, 0.25) is 0 Å². The summed E-state index contributed by atoms with van der Waals surface area (Å²) in [5.41, 5.74) is 12.6. The molecule has 0 spiro atoms. The summed E-state index contributed by atoms with van der Waals surface area (Å²) in [6.07, 6.45) is 0. The van der Waals surface area contributed by atoms with Gasteiger partial charge >= 0.3 is 0 Å². The zero-order chi connectivity index (χ0) is 30.7. The van der Waals surface area contributed by atoms with Crippen LogP contribution in [-0.2, 0) is 5.41 Å². The Morgan fingerprint density at radius 1 is 0.511 bits per heavy atom. The Morgan fingerprint density at radius 2 is 0.956 bits per heavy atom. The molecule has 212 valence electrons. The molecule has 0 N–H and O–H groups in total. The molecule has 0 atom stereocenters. The van der Waals surface area contributed by atoms with Gasteiger partial charge in [0, 0.05) is 27.6 Å². The largest absolute Gasteiger partial charge is 0.310 e. The predicted molar refractivity (Wildman–Crippen MR) is 182 cm³/mol. The fraction of sp³-hybridized carbons (Fsp3) is 0.0732. The normalized spacial score (nSPS) is 13.2. The Balaban J connectivity index is 1.17. The molecular weight excluding hydrogens is 548 g/mol.